The largest absolute Gasteiger partial charge is 0.493 e. The van der Waals surface area contributed by atoms with E-state index < -0.39 is 15.4 Å². The lowest BCUT2D eigenvalue weighted by Gasteiger charge is -2.28. The Hall–Kier alpha value is -1.76. The molecule has 1 aromatic carbocycles. The van der Waals surface area contributed by atoms with Gasteiger partial charge in [0, 0.05) is 19.5 Å². The first-order valence-corrected chi connectivity index (χ1v) is 11.1. The maximum absolute atomic E-state index is 12.8. The van der Waals surface area contributed by atoms with Crippen LogP contribution in [0.25, 0.3) is 0 Å². The molecule has 0 fully saturated rings. The van der Waals surface area contributed by atoms with Crippen molar-refractivity contribution in [3.8, 4) is 11.5 Å². The summed E-state index contributed by atoms with van der Waals surface area (Å²) in [4.78, 5) is 14.6. The molecule has 0 spiro atoms. The summed E-state index contributed by atoms with van der Waals surface area (Å²) in [5.74, 6) is 0.874. The molecule has 0 bridgehead atoms. The van der Waals surface area contributed by atoms with E-state index in [1.165, 1.54) is 7.11 Å². The average Bonchev–Trinajstić information content (AvgIpc) is 2.52. The molecule has 0 aliphatic heterocycles. The molecule has 7 heteroatoms. The van der Waals surface area contributed by atoms with Crippen LogP contribution in [0.5, 0.6) is 11.5 Å². The second-order valence-corrected chi connectivity index (χ2v) is 11.1. The van der Waals surface area contributed by atoms with E-state index in [1.807, 2.05) is 31.7 Å². The number of rotatable bonds is 9. The Morgan fingerprint density at radius 2 is 1.71 bits per heavy atom. The van der Waals surface area contributed by atoms with Crippen molar-refractivity contribution >= 4 is 16.0 Å². The average molecular weight is 414 g/mol. The first-order chi connectivity index (χ1) is 12.7. The first-order valence-electron chi connectivity index (χ1n) is 9.63. The highest BCUT2D eigenvalue weighted by atomic mass is 32.2. The van der Waals surface area contributed by atoms with Gasteiger partial charge in [0.2, 0.25) is 5.91 Å². The fraction of sp³-hybridized carbons (Fsp3) is 0.667. The molecule has 1 aromatic rings. The molecular formula is C21H35NO5S. The van der Waals surface area contributed by atoms with Gasteiger partial charge in [-0.2, -0.15) is 8.42 Å². The van der Waals surface area contributed by atoms with Gasteiger partial charge in [-0.25, -0.2) is 0 Å². The van der Waals surface area contributed by atoms with E-state index in [0.717, 1.165) is 5.56 Å². The smallest absolute Gasteiger partial charge is 0.311 e. The number of hydrogen-bond acceptors (Lipinski definition) is 5. The monoisotopic (exact) mass is 413 g/mol. The zero-order valence-electron chi connectivity index (χ0n) is 18.4. The van der Waals surface area contributed by atoms with Crippen molar-refractivity contribution in [3.63, 3.8) is 0 Å². The van der Waals surface area contributed by atoms with Crippen LogP contribution in [0, 0.1) is 11.3 Å². The minimum atomic E-state index is -3.75. The molecule has 0 N–H and O–H groups in total. The lowest BCUT2D eigenvalue weighted by atomic mass is 9.91. The van der Waals surface area contributed by atoms with E-state index in [0.29, 0.717) is 31.2 Å². The van der Waals surface area contributed by atoms with Crippen LogP contribution >= 0.6 is 0 Å². The lowest BCUT2D eigenvalue weighted by molar-refractivity contribution is -0.134. The highest BCUT2D eigenvalue weighted by molar-refractivity contribution is 7.87. The predicted molar refractivity (Wildman–Crippen MR) is 112 cm³/mol. The second-order valence-electron chi connectivity index (χ2n) is 9.02. The number of nitrogens with zero attached hydrogens (tertiary/aromatic N) is 1. The van der Waals surface area contributed by atoms with Crippen LogP contribution in [0.4, 0.5) is 0 Å². The van der Waals surface area contributed by atoms with Crippen molar-refractivity contribution in [2.24, 2.45) is 11.3 Å². The van der Waals surface area contributed by atoms with E-state index in [4.69, 9.17) is 8.92 Å². The molecule has 0 unspecified atom stereocenters. The van der Waals surface area contributed by atoms with Crippen LogP contribution in [0.15, 0.2) is 18.2 Å². The summed E-state index contributed by atoms with van der Waals surface area (Å²) in [5, 5.41) is -0.674. The molecule has 0 aliphatic carbocycles. The number of hydrogen-bond donors (Lipinski definition) is 0. The summed E-state index contributed by atoms with van der Waals surface area (Å²) in [6, 6.07) is 5.13. The topological polar surface area (TPSA) is 72.9 Å². The number of methoxy groups -OCH3 is 1. The number of amides is 1. The maximum atomic E-state index is 12.8. The molecule has 1 rings (SSSR count). The van der Waals surface area contributed by atoms with Crippen molar-refractivity contribution in [2.45, 2.75) is 66.7 Å². The van der Waals surface area contributed by atoms with Gasteiger partial charge in [0.1, 0.15) is 0 Å². The van der Waals surface area contributed by atoms with Gasteiger partial charge in [0.15, 0.2) is 11.5 Å². The van der Waals surface area contributed by atoms with Gasteiger partial charge in [0.25, 0.3) is 0 Å². The summed E-state index contributed by atoms with van der Waals surface area (Å²) in [6.07, 6.45) is 0.445. The van der Waals surface area contributed by atoms with Crippen molar-refractivity contribution in [1.29, 1.82) is 0 Å². The van der Waals surface area contributed by atoms with Gasteiger partial charge in [-0.05, 0) is 42.9 Å². The normalized spacial score (nSPS) is 12.4. The van der Waals surface area contributed by atoms with Gasteiger partial charge in [-0.1, -0.05) is 40.7 Å². The van der Waals surface area contributed by atoms with Crippen molar-refractivity contribution in [3.05, 3.63) is 23.8 Å². The van der Waals surface area contributed by atoms with Gasteiger partial charge in [0.05, 0.1) is 12.4 Å². The molecule has 0 radical (unpaired) electrons. The van der Waals surface area contributed by atoms with Crippen molar-refractivity contribution < 1.29 is 22.1 Å². The molecule has 0 saturated heterocycles. The Morgan fingerprint density at radius 3 is 2.18 bits per heavy atom. The van der Waals surface area contributed by atoms with Crippen LogP contribution in [0.1, 0.15) is 60.5 Å². The molecule has 28 heavy (non-hydrogen) atoms. The summed E-state index contributed by atoms with van der Waals surface area (Å²) < 4.78 is 34.9. The van der Waals surface area contributed by atoms with E-state index >= 15 is 0 Å². The van der Waals surface area contributed by atoms with Gasteiger partial charge in [-0.3, -0.25) is 4.79 Å². The van der Waals surface area contributed by atoms with Crippen LogP contribution < -0.4 is 8.92 Å². The Kier molecular flexibility index (Phi) is 8.35. The molecule has 0 saturated carbocycles. The molecule has 160 valence electrons. The number of carbonyl (C=O) groups is 1. The molecule has 6 nitrogen and oxygen atoms in total. The zero-order valence-corrected chi connectivity index (χ0v) is 19.2. The Morgan fingerprint density at radius 1 is 1.11 bits per heavy atom. The first kappa shape index (κ1) is 24.3. The van der Waals surface area contributed by atoms with Crippen LogP contribution in [0.3, 0.4) is 0 Å². The third kappa shape index (κ3) is 7.70. The van der Waals surface area contributed by atoms with Crippen molar-refractivity contribution in [2.75, 3.05) is 13.7 Å². The van der Waals surface area contributed by atoms with Crippen molar-refractivity contribution in [1.82, 2.24) is 4.90 Å². The van der Waals surface area contributed by atoms with Gasteiger partial charge in [-0.15, -0.1) is 0 Å². The van der Waals surface area contributed by atoms with Crippen LogP contribution in [0.2, 0.25) is 0 Å². The minimum absolute atomic E-state index is 0.0780. The zero-order chi connectivity index (χ0) is 21.7. The van der Waals surface area contributed by atoms with Crippen LogP contribution in [-0.4, -0.2) is 38.1 Å². The summed E-state index contributed by atoms with van der Waals surface area (Å²) >= 11 is 0. The summed E-state index contributed by atoms with van der Waals surface area (Å²) in [7, 11) is -2.29. The third-order valence-electron chi connectivity index (χ3n) is 4.00. The third-order valence-corrected chi connectivity index (χ3v) is 5.57. The SMILES string of the molecule is COc1ccc(CN(CC(C)C)C(=O)CC(C)(C)C)cc1OS(=O)(=O)C(C)C. The number of ether oxygens (including phenoxy) is 1. The van der Waals surface area contributed by atoms with E-state index in [9.17, 15) is 13.2 Å². The fourth-order valence-electron chi connectivity index (χ4n) is 2.59. The fourth-order valence-corrected chi connectivity index (χ4v) is 3.16. The molecule has 0 atom stereocenters. The highest BCUT2D eigenvalue weighted by Gasteiger charge is 2.24. The number of benzene rings is 1. The molecule has 0 aliphatic rings. The second kappa shape index (κ2) is 9.63. The van der Waals surface area contributed by atoms with E-state index in [1.54, 1.807) is 26.0 Å². The van der Waals surface area contributed by atoms with E-state index in [-0.39, 0.29) is 17.1 Å². The predicted octanol–water partition coefficient (Wildman–Crippen LogP) is 4.23. The van der Waals surface area contributed by atoms with Gasteiger partial charge >= 0.3 is 10.1 Å². The quantitative estimate of drug-likeness (QED) is 0.566. The molecule has 0 heterocycles. The Bertz CT molecular complexity index is 763. The molecular weight excluding hydrogens is 378 g/mol. The maximum Gasteiger partial charge on any atom is 0.311 e. The van der Waals surface area contributed by atoms with E-state index in [2.05, 4.69) is 13.8 Å². The van der Waals surface area contributed by atoms with Crippen LogP contribution in [-0.2, 0) is 21.5 Å². The summed E-state index contributed by atoms with van der Waals surface area (Å²) in [5.41, 5.74) is 0.684. The standard InChI is InChI=1S/C21H35NO5S/c1-15(2)13-22(20(23)12-21(5,6)7)14-17-9-10-18(26-8)19(11-17)27-28(24,25)16(3)4/h9-11,15-16H,12-14H2,1-8H3. The Labute approximate surface area is 170 Å². The van der Waals surface area contributed by atoms with Gasteiger partial charge < -0.3 is 13.8 Å². The Balaban J connectivity index is 3.15. The highest BCUT2D eigenvalue weighted by Crippen LogP contribution is 2.31. The summed E-state index contributed by atoms with van der Waals surface area (Å²) in [6.45, 7) is 14.4. The number of carbonyl (C=O) groups excluding carboxylic acids is 1. The lowest BCUT2D eigenvalue weighted by Crippen LogP contribution is -2.35. The molecule has 1 amide bonds. The minimum Gasteiger partial charge on any atom is -0.493 e. The molecule has 0 aromatic heterocycles.